The van der Waals surface area contributed by atoms with Crippen LogP contribution in [0.5, 0.6) is 0 Å². The Labute approximate surface area is 151 Å². The number of piperidine rings is 1. The Morgan fingerprint density at radius 2 is 2.28 bits per heavy atom. The summed E-state index contributed by atoms with van der Waals surface area (Å²) in [6.45, 7) is 3.11. The Kier molecular flexibility index (Phi) is 4.67. The zero-order chi connectivity index (χ0) is 17.1. The second-order valence-corrected chi connectivity index (χ2v) is 7.66. The fourth-order valence-electron chi connectivity index (χ4n) is 3.95. The molecular formula is C18H22N4O2S. The van der Waals surface area contributed by atoms with Gasteiger partial charge in [-0.1, -0.05) is 6.07 Å². The molecule has 2 aromatic heterocycles. The highest BCUT2D eigenvalue weighted by Gasteiger charge is 2.48. The summed E-state index contributed by atoms with van der Waals surface area (Å²) in [6.07, 6.45) is 6.58. The molecule has 0 bridgehead atoms. The van der Waals surface area contributed by atoms with E-state index < -0.39 is 0 Å². The van der Waals surface area contributed by atoms with Gasteiger partial charge in [0.15, 0.2) is 0 Å². The van der Waals surface area contributed by atoms with E-state index in [9.17, 15) is 4.79 Å². The van der Waals surface area contributed by atoms with Crippen molar-refractivity contribution in [3.05, 3.63) is 40.8 Å². The third-order valence-electron chi connectivity index (χ3n) is 5.26. The fourth-order valence-corrected chi connectivity index (χ4v) is 4.64. The number of carbonyl (C=O) groups is 1. The van der Waals surface area contributed by atoms with Crippen molar-refractivity contribution in [2.75, 3.05) is 31.6 Å². The predicted molar refractivity (Wildman–Crippen MR) is 96.8 cm³/mol. The number of hydrogen-bond donors (Lipinski definition) is 1. The molecule has 2 aliphatic heterocycles. The number of thiophene rings is 1. The van der Waals surface area contributed by atoms with Crippen molar-refractivity contribution in [2.45, 2.75) is 25.4 Å². The van der Waals surface area contributed by atoms with Crippen molar-refractivity contribution in [1.82, 2.24) is 14.9 Å². The first kappa shape index (κ1) is 16.5. The number of amides is 1. The topological polar surface area (TPSA) is 67.3 Å². The highest BCUT2D eigenvalue weighted by Crippen LogP contribution is 2.43. The molecule has 6 nitrogen and oxygen atoms in total. The number of likely N-dealkylation sites (tertiary alicyclic amines) is 1. The summed E-state index contributed by atoms with van der Waals surface area (Å²) in [6, 6.07) is 5.65. The van der Waals surface area contributed by atoms with E-state index >= 15 is 0 Å². The van der Waals surface area contributed by atoms with E-state index in [1.54, 1.807) is 18.5 Å². The van der Waals surface area contributed by atoms with Gasteiger partial charge >= 0.3 is 0 Å². The standard InChI is InChI=1S/C18H22N4O2S/c23-16(14-3-1-12-25-14)22-10-4-15-18(13-22,6-11-24-15)5-9-21-17-19-7-2-8-20-17/h1-3,7-8,12,15H,4-6,9-11,13H2,(H,19,20,21)/t15-,18+/m1/s1. The SMILES string of the molecule is O=C(c1cccs1)N1CC[C@H]2OCC[C@@]2(CCNc2ncccn2)C1. The number of nitrogens with one attached hydrogen (secondary N) is 1. The number of aromatic nitrogens is 2. The molecule has 2 saturated heterocycles. The smallest absolute Gasteiger partial charge is 0.263 e. The summed E-state index contributed by atoms with van der Waals surface area (Å²) in [4.78, 5) is 24.0. The minimum absolute atomic E-state index is 0.0347. The van der Waals surface area contributed by atoms with E-state index in [2.05, 4.69) is 15.3 Å². The van der Waals surface area contributed by atoms with Gasteiger partial charge in [0.05, 0.1) is 11.0 Å². The molecule has 2 atom stereocenters. The van der Waals surface area contributed by atoms with E-state index in [-0.39, 0.29) is 17.4 Å². The van der Waals surface area contributed by atoms with Crippen LogP contribution in [-0.2, 0) is 4.74 Å². The summed E-state index contributed by atoms with van der Waals surface area (Å²) in [5.74, 6) is 0.802. The van der Waals surface area contributed by atoms with Gasteiger partial charge in [-0.2, -0.15) is 0 Å². The lowest BCUT2D eigenvalue weighted by Gasteiger charge is -2.43. The van der Waals surface area contributed by atoms with Gasteiger partial charge in [-0.3, -0.25) is 4.79 Å². The molecule has 4 rings (SSSR count). The average Bonchev–Trinajstić information content (AvgIpc) is 3.31. The van der Waals surface area contributed by atoms with Gasteiger partial charge in [0.1, 0.15) is 0 Å². The number of ether oxygens (including phenoxy) is 1. The highest BCUT2D eigenvalue weighted by atomic mass is 32.1. The summed E-state index contributed by atoms with van der Waals surface area (Å²) in [7, 11) is 0. The molecule has 1 amide bonds. The van der Waals surface area contributed by atoms with Crippen LogP contribution in [0.15, 0.2) is 36.0 Å². The van der Waals surface area contributed by atoms with Crippen molar-refractivity contribution < 1.29 is 9.53 Å². The third-order valence-corrected chi connectivity index (χ3v) is 6.12. The van der Waals surface area contributed by atoms with Crippen LogP contribution < -0.4 is 5.32 Å². The minimum atomic E-state index is 0.0347. The van der Waals surface area contributed by atoms with Crippen molar-refractivity contribution in [1.29, 1.82) is 0 Å². The van der Waals surface area contributed by atoms with E-state index in [1.165, 1.54) is 11.3 Å². The van der Waals surface area contributed by atoms with Gasteiger partial charge in [-0.05, 0) is 36.8 Å². The molecule has 0 spiro atoms. The van der Waals surface area contributed by atoms with Crippen LogP contribution in [0.3, 0.4) is 0 Å². The Morgan fingerprint density at radius 1 is 1.40 bits per heavy atom. The lowest BCUT2D eigenvalue weighted by atomic mass is 9.74. The van der Waals surface area contributed by atoms with Crippen LogP contribution in [0.25, 0.3) is 0 Å². The second-order valence-electron chi connectivity index (χ2n) is 6.71. The Hall–Kier alpha value is -1.99. The van der Waals surface area contributed by atoms with Crippen molar-refractivity contribution in [3.63, 3.8) is 0 Å². The lowest BCUT2D eigenvalue weighted by Crippen LogP contribution is -2.52. The van der Waals surface area contributed by atoms with Crippen LogP contribution >= 0.6 is 11.3 Å². The maximum absolute atomic E-state index is 12.7. The van der Waals surface area contributed by atoms with Crippen LogP contribution in [0.2, 0.25) is 0 Å². The van der Waals surface area contributed by atoms with Gasteiger partial charge in [-0.15, -0.1) is 11.3 Å². The highest BCUT2D eigenvalue weighted by molar-refractivity contribution is 7.12. The molecule has 4 heterocycles. The zero-order valence-corrected chi connectivity index (χ0v) is 14.9. The first-order valence-corrected chi connectivity index (χ1v) is 9.60. The average molecular weight is 358 g/mol. The number of anilines is 1. The first-order chi connectivity index (χ1) is 12.3. The molecule has 132 valence electrons. The monoisotopic (exact) mass is 358 g/mol. The van der Waals surface area contributed by atoms with E-state index in [0.717, 1.165) is 50.4 Å². The number of nitrogens with zero attached hydrogens (tertiary/aromatic N) is 3. The maximum Gasteiger partial charge on any atom is 0.263 e. The largest absolute Gasteiger partial charge is 0.377 e. The van der Waals surface area contributed by atoms with Gasteiger partial charge in [0, 0.05) is 44.0 Å². The Bertz CT molecular complexity index is 709. The summed E-state index contributed by atoms with van der Waals surface area (Å²) < 4.78 is 5.99. The molecule has 0 saturated carbocycles. The van der Waals surface area contributed by atoms with E-state index in [4.69, 9.17) is 4.74 Å². The molecule has 0 aromatic carbocycles. The third kappa shape index (κ3) is 3.39. The molecule has 2 aliphatic rings. The summed E-state index contributed by atoms with van der Waals surface area (Å²) in [5.41, 5.74) is 0.0347. The lowest BCUT2D eigenvalue weighted by molar-refractivity contribution is -0.0148. The van der Waals surface area contributed by atoms with E-state index in [1.807, 2.05) is 22.4 Å². The van der Waals surface area contributed by atoms with Crippen molar-refractivity contribution in [3.8, 4) is 0 Å². The fraction of sp³-hybridized carbons (Fsp3) is 0.500. The van der Waals surface area contributed by atoms with Crippen LogP contribution in [0.4, 0.5) is 5.95 Å². The molecule has 2 aromatic rings. The first-order valence-electron chi connectivity index (χ1n) is 8.72. The number of rotatable bonds is 5. The molecule has 7 heteroatoms. The zero-order valence-electron chi connectivity index (χ0n) is 14.1. The number of hydrogen-bond acceptors (Lipinski definition) is 6. The summed E-state index contributed by atoms with van der Waals surface area (Å²) >= 11 is 1.51. The number of carbonyl (C=O) groups excluding carboxylic acids is 1. The van der Waals surface area contributed by atoms with Gasteiger partial charge < -0.3 is 15.0 Å². The van der Waals surface area contributed by atoms with Crippen LogP contribution in [0, 0.1) is 5.41 Å². The van der Waals surface area contributed by atoms with Crippen molar-refractivity contribution in [2.24, 2.45) is 5.41 Å². The predicted octanol–water partition coefficient (Wildman–Crippen LogP) is 2.66. The van der Waals surface area contributed by atoms with Gasteiger partial charge in [0.2, 0.25) is 5.95 Å². The number of fused-ring (bicyclic) bond motifs is 1. The van der Waals surface area contributed by atoms with Crippen LogP contribution in [-0.4, -0.2) is 53.1 Å². The summed E-state index contributed by atoms with van der Waals surface area (Å²) in [5, 5.41) is 5.25. The molecule has 0 radical (unpaired) electrons. The normalized spacial score (nSPS) is 25.6. The molecular weight excluding hydrogens is 336 g/mol. The minimum Gasteiger partial charge on any atom is -0.377 e. The molecule has 25 heavy (non-hydrogen) atoms. The quantitative estimate of drug-likeness (QED) is 0.890. The molecule has 0 unspecified atom stereocenters. The molecule has 0 aliphatic carbocycles. The Morgan fingerprint density at radius 3 is 3.08 bits per heavy atom. The maximum atomic E-state index is 12.7. The molecule has 1 N–H and O–H groups in total. The van der Waals surface area contributed by atoms with Gasteiger partial charge in [0.25, 0.3) is 5.91 Å². The van der Waals surface area contributed by atoms with Gasteiger partial charge in [-0.25, -0.2) is 9.97 Å². The molecule has 2 fully saturated rings. The van der Waals surface area contributed by atoms with Crippen molar-refractivity contribution >= 4 is 23.2 Å². The second kappa shape index (κ2) is 7.09. The van der Waals surface area contributed by atoms with E-state index in [0.29, 0.717) is 5.95 Å². The van der Waals surface area contributed by atoms with Crippen LogP contribution in [0.1, 0.15) is 28.9 Å². The Balaban J connectivity index is 1.43.